The molecule has 0 aliphatic heterocycles. The molecular weight excluding hydrogens is 766 g/mol. The predicted octanol–water partition coefficient (Wildman–Crippen LogP) is 14.0. The fraction of sp³-hybridized carbons (Fsp3) is 0.833. The number of phosphoric acid groups is 1. The number of carboxylic acids is 1. The summed E-state index contributed by atoms with van der Waals surface area (Å²) in [7, 11) is -4.63. The Morgan fingerprint density at radius 2 is 0.932 bits per heavy atom. The molecule has 11 heteroatoms. The van der Waals surface area contributed by atoms with E-state index >= 15 is 0 Å². The van der Waals surface area contributed by atoms with Crippen molar-refractivity contribution in [1.29, 1.82) is 0 Å². The second-order valence-electron chi connectivity index (χ2n) is 16.3. The van der Waals surface area contributed by atoms with Crippen LogP contribution in [0.5, 0.6) is 0 Å². The number of unbranched alkanes of at least 4 members (excludes halogenated alkanes) is 28. The van der Waals surface area contributed by atoms with E-state index in [2.05, 4.69) is 38.2 Å². The Morgan fingerprint density at radius 1 is 0.542 bits per heavy atom. The highest BCUT2D eigenvalue weighted by molar-refractivity contribution is 7.47. The number of ether oxygens (including phenoxy) is 2. The number of hydrogen-bond donors (Lipinski definition) is 3. The van der Waals surface area contributed by atoms with Crippen molar-refractivity contribution in [2.45, 2.75) is 238 Å². The summed E-state index contributed by atoms with van der Waals surface area (Å²) in [6.07, 6.45) is 51.4. The number of phosphoric ester groups is 1. The monoisotopic (exact) mass is 856 g/mol. The Kier molecular flexibility index (Phi) is 42.6. The maximum atomic E-state index is 12.7. The minimum atomic E-state index is -4.63. The molecule has 0 spiro atoms. The molecule has 0 fully saturated rings. The van der Waals surface area contributed by atoms with E-state index in [4.69, 9.17) is 29.4 Å². The van der Waals surface area contributed by atoms with Crippen LogP contribution in [0.25, 0.3) is 0 Å². The van der Waals surface area contributed by atoms with Gasteiger partial charge in [-0.3, -0.25) is 18.6 Å². The van der Waals surface area contributed by atoms with Gasteiger partial charge in [0.1, 0.15) is 12.6 Å². The highest BCUT2D eigenvalue weighted by atomic mass is 31.2. The van der Waals surface area contributed by atoms with Gasteiger partial charge >= 0.3 is 19.8 Å². The molecule has 0 bridgehead atoms. The van der Waals surface area contributed by atoms with E-state index in [-0.39, 0.29) is 13.0 Å². The van der Waals surface area contributed by atoms with Crippen molar-refractivity contribution in [2.24, 2.45) is 5.73 Å². The summed E-state index contributed by atoms with van der Waals surface area (Å²) in [6, 6.07) is -1.48. The van der Waals surface area contributed by atoms with Crippen molar-refractivity contribution in [3.63, 3.8) is 0 Å². The molecule has 0 amide bonds. The molecule has 4 N–H and O–H groups in total. The number of hydrogen-bond acceptors (Lipinski definition) is 8. The lowest BCUT2D eigenvalue weighted by molar-refractivity contribution is -0.153. The van der Waals surface area contributed by atoms with Gasteiger partial charge in [0.25, 0.3) is 0 Å². The molecule has 0 heterocycles. The van der Waals surface area contributed by atoms with Crippen LogP contribution in [-0.4, -0.2) is 53.9 Å². The third kappa shape index (κ3) is 43.9. The van der Waals surface area contributed by atoms with Crippen LogP contribution in [0, 0.1) is 0 Å². The fourth-order valence-corrected chi connectivity index (χ4v) is 7.50. The third-order valence-corrected chi connectivity index (χ3v) is 11.4. The van der Waals surface area contributed by atoms with Crippen molar-refractivity contribution in [3.05, 3.63) is 36.6 Å². The zero-order chi connectivity index (χ0) is 43.3. The Labute approximate surface area is 361 Å². The molecule has 0 saturated carbocycles. The van der Waals surface area contributed by atoms with E-state index < -0.39 is 45.1 Å². The Hall–Kier alpha value is -1.97. The summed E-state index contributed by atoms with van der Waals surface area (Å²) in [5.74, 6) is -1.81. The van der Waals surface area contributed by atoms with Crippen molar-refractivity contribution < 1.29 is 42.7 Å². The van der Waals surface area contributed by atoms with Crippen LogP contribution in [0.3, 0.4) is 0 Å². The van der Waals surface area contributed by atoms with Crippen molar-refractivity contribution >= 4 is 19.8 Å². The number of aliphatic carboxylic acids is 1. The first-order valence-electron chi connectivity index (χ1n) is 24.1. The second-order valence-corrected chi connectivity index (χ2v) is 17.8. The minimum absolute atomic E-state index is 0.0668. The molecule has 0 aliphatic carbocycles. The predicted molar refractivity (Wildman–Crippen MR) is 244 cm³/mol. The third-order valence-electron chi connectivity index (χ3n) is 10.5. The number of carbonyl (C=O) groups excluding carboxylic acids is 1. The fourth-order valence-electron chi connectivity index (χ4n) is 6.72. The van der Waals surface area contributed by atoms with Gasteiger partial charge in [-0.2, -0.15) is 0 Å². The van der Waals surface area contributed by atoms with Crippen LogP contribution in [0.15, 0.2) is 36.6 Å². The molecule has 0 aliphatic rings. The summed E-state index contributed by atoms with van der Waals surface area (Å²) in [4.78, 5) is 33.6. The average Bonchev–Trinajstić information content (AvgIpc) is 3.21. The van der Waals surface area contributed by atoms with E-state index in [0.717, 1.165) is 44.9 Å². The largest absolute Gasteiger partial charge is 0.498 e. The van der Waals surface area contributed by atoms with Gasteiger partial charge in [-0.15, -0.1) is 0 Å². The molecule has 10 nitrogen and oxygen atoms in total. The zero-order valence-corrected chi connectivity index (χ0v) is 38.7. The van der Waals surface area contributed by atoms with Crippen LogP contribution in [0.1, 0.15) is 226 Å². The molecule has 0 saturated heterocycles. The summed E-state index contributed by atoms with van der Waals surface area (Å²) < 4.78 is 33.2. The van der Waals surface area contributed by atoms with Crippen molar-refractivity contribution in [2.75, 3.05) is 19.8 Å². The molecule has 346 valence electrons. The maximum absolute atomic E-state index is 12.7. The zero-order valence-electron chi connectivity index (χ0n) is 37.9. The van der Waals surface area contributed by atoms with Crippen LogP contribution in [0.4, 0.5) is 0 Å². The van der Waals surface area contributed by atoms with Gasteiger partial charge in [-0.05, 0) is 57.4 Å². The molecular formula is C48H90NO9P. The van der Waals surface area contributed by atoms with Gasteiger partial charge in [-0.1, -0.05) is 192 Å². The van der Waals surface area contributed by atoms with Gasteiger partial charge in [0, 0.05) is 6.42 Å². The number of carbonyl (C=O) groups is 2. The molecule has 0 aromatic rings. The number of allylic oxidation sites excluding steroid dienone is 5. The summed E-state index contributed by atoms with van der Waals surface area (Å²) in [6.45, 7) is 3.27. The average molecular weight is 856 g/mol. The smallest absolute Gasteiger partial charge is 0.472 e. The van der Waals surface area contributed by atoms with Gasteiger partial charge < -0.3 is 25.2 Å². The molecule has 1 unspecified atom stereocenters. The number of nitrogens with two attached hydrogens (primary N) is 1. The lowest BCUT2D eigenvalue weighted by atomic mass is 10.0. The Bertz CT molecular complexity index is 1080. The number of carboxylic acid groups (broad SMARTS) is 1. The van der Waals surface area contributed by atoms with Gasteiger partial charge in [0.15, 0.2) is 6.10 Å². The maximum Gasteiger partial charge on any atom is 0.472 e. The van der Waals surface area contributed by atoms with E-state index in [9.17, 15) is 19.0 Å². The lowest BCUT2D eigenvalue weighted by Gasteiger charge is -2.20. The molecule has 0 aromatic heterocycles. The Morgan fingerprint density at radius 3 is 1.41 bits per heavy atom. The van der Waals surface area contributed by atoms with Gasteiger partial charge in [-0.25, -0.2) is 4.57 Å². The van der Waals surface area contributed by atoms with E-state index in [0.29, 0.717) is 6.42 Å². The van der Waals surface area contributed by atoms with E-state index in [1.54, 1.807) is 6.26 Å². The van der Waals surface area contributed by atoms with Gasteiger partial charge in [0.05, 0.1) is 19.5 Å². The first kappa shape index (κ1) is 57.0. The number of rotatable bonds is 46. The van der Waals surface area contributed by atoms with E-state index in [1.807, 2.05) is 6.08 Å². The lowest BCUT2D eigenvalue weighted by Crippen LogP contribution is -2.34. The minimum Gasteiger partial charge on any atom is -0.498 e. The SMILES string of the molecule is CCCCC/C=C\C/C=C\CCCCCCCCCCCC(=O)O[C@H](CO/C=C\CCCCCCCCCCCCCCCCCC)COP(=O)(O)OC[C@H](N)C(=O)O. The van der Waals surface area contributed by atoms with E-state index in [1.165, 1.54) is 154 Å². The number of esters is 1. The first-order chi connectivity index (χ1) is 28.7. The molecule has 59 heavy (non-hydrogen) atoms. The molecule has 0 aromatic carbocycles. The summed E-state index contributed by atoms with van der Waals surface area (Å²) in [5.41, 5.74) is 5.36. The van der Waals surface area contributed by atoms with Crippen LogP contribution in [-0.2, 0) is 32.7 Å². The Balaban J connectivity index is 4.22. The van der Waals surface area contributed by atoms with Crippen LogP contribution >= 0.6 is 7.82 Å². The van der Waals surface area contributed by atoms with Crippen molar-refractivity contribution in [1.82, 2.24) is 0 Å². The molecule has 3 atom stereocenters. The van der Waals surface area contributed by atoms with Crippen molar-refractivity contribution in [3.8, 4) is 0 Å². The topological polar surface area (TPSA) is 155 Å². The first-order valence-corrected chi connectivity index (χ1v) is 25.6. The summed E-state index contributed by atoms with van der Waals surface area (Å²) >= 11 is 0. The van der Waals surface area contributed by atoms with Crippen LogP contribution in [0.2, 0.25) is 0 Å². The summed E-state index contributed by atoms with van der Waals surface area (Å²) in [5, 5.41) is 8.91. The second kappa shape index (κ2) is 44.1. The quantitative estimate of drug-likeness (QED) is 0.0177. The highest BCUT2D eigenvalue weighted by Crippen LogP contribution is 2.43. The van der Waals surface area contributed by atoms with Gasteiger partial charge in [0.2, 0.25) is 0 Å². The molecule has 0 rings (SSSR count). The normalized spacial score (nSPS) is 14.0. The molecule has 0 radical (unpaired) electrons. The van der Waals surface area contributed by atoms with Crippen LogP contribution < -0.4 is 5.73 Å². The highest BCUT2D eigenvalue weighted by Gasteiger charge is 2.27. The standard InChI is InChI=1S/C48H90NO9P/c1-3-5-7-9-11-13-15-17-19-21-23-24-26-28-30-32-34-36-38-40-47(50)58-45(43-56-59(53,54)57-44-46(49)48(51)52)42-55-41-39-37-35-33-31-29-27-25-22-20-18-16-14-12-10-8-6-4-2/h11,13,17,19,39,41,45-46H,3-10,12,14-16,18,20-38,40,42-44,49H2,1-2H3,(H,51,52)(H,53,54)/b13-11-,19-17-,41-39-/t45-,46+/m1/s1.